The second-order valence-electron chi connectivity index (χ2n) is 6.03. The lowest BCUT2D eigenvalue weighted by molar-refractivity contribution is -0.140. The summed E-state index contributed by atoms with van der Waals surface area (Å²) in [6.07, 6.45) is 3.89. The Kier molecular flexibility index (Phi) is 5.42. The van der Waals surface area contributed by atoms with Crippen molar-refractivity contribution < 1.29 is 9.84 Å². The lowest BCUT2D eigenvalue weighted by Crippen LogP contribution is -2.48. The highest BCUT2D eigenvalue weighted by Gasteiger charge is 2.37. The van der Waals surface area contributed by atoms with Crippen molar-refractivity contribution in [2.24, 2.45) is 17.6 Å². The Labute approximate surface area is 106 Å². The molecule has 2 unspecified atom stereocenters. The van der Waals surface area contributed by atoms with Crippen molar-refractivity contribution >= 4 is 0 Å². The summed E-state index contributed by atoms with van der Waals surface area (Å²) in [7, 11) is 0. The number of aliphatic hydroxyl groups excluding tert-OH is 1. The molecule has 0 aliphatic heterocycles. The molecule has 1 aliphatic rings. The number of rotatable bonds is 5. The van der Waals surface area contributed by atoms with Gasteiger partial charge in [0.05, 0.1) is 17.8 Å². The Hall–Kier alpha value is -0.120. The highest BCUT2D eigenvalue weighted by Crippen LogP contribution is 2.38. The second-order valence-corrected chi connectivity index (χ2v) is 6.03. The Bertz CT molecular complexity index is 220. The molecular formula is C14H29NO2. The summed E-state index contributed by atoms with van der Waals surface area (Å²) in [4.78, 5) is 0. The molecule has 0 spiro atoms. The molecule has 1 fully saturated rings. The van der Waals surface area contributed by atoms with Gasteiger partial charge in [0.25, 0.3) is 0 Å². The fourth-order valence-corrected chi connectivity index (χ4v) is 2.70. The van der Waals surface area contributed by atoms with Crippen LogP contribution in [0.3, 0.4) is 0 Å². The Morgan fingerprint density at radius 3 is 2.12 bits per heavy atom. The smallest absolute Gasteiger partial charge is 0.0811 e. The van der Waals surface area contributed by atoms with E-state index < -0.39 is 6.10 Å². The van der Waals surface area contributed by atoms with E-state index in [4.69, 9.17) is 10.5 Å². The molecule has 3 heteroatoms. The molecule has 3 N–H and O–H groups in total. The van der Waals surface area contributed by atoms with Crippen LogP contribution in [-0.4, -0.2) is 29.5 Å². The molecule has 3 nitrogen and oxygen atoms in total. The molecule has 1 saturated carbocycles. The van der Waals surface area contributed by atoms with Crippen molar-refractivity contribution in [1.82, 2.24) is 0 Å². The van der Waals surface area contributed by atoms with Crippen LogP contribution >= 0.6 is 0 Å². The van der Waals surface area contributed by atoms with Crippen LogP contribution in [0.15, 0.2) is 0 Å². The topological polar surface area (TPSA) is 55.5 Å². The molecule has 0 aromatic rings. The summed E-state index contributed by atoms with van der Waals surface area (Å²) in [5.74, 6) is 1.56. The molecule has 102 valence electrons. The van der Waals surface area contributed by atoms with E-state index in [0.717, 1.165) is 24.7 Å². The summed E-state index contributed by atoms with van der Waals surface area (Å²) in [5.41, 5.74) is 5.71. The average Bonchev–Trinajstić information content (AvgIpc) is 2.29. The van der Waals surface area contributed by atoms with Gasteiger partial charge in [0.1, 0.15) is 0 Å². The third-order valence-electron chi connectivity index (χ3n) is 4.37. The minimum atomic E-state index is -0.429. The highest BCUT2D eigenvalue weighted by atomic mass is 16.5. The van der Waals surface area contributed by atoms with Gasteiger partial charge >= 0.3 is 0 Å². The SMILES string of the molecule is CC(C)C1CCC(CN)(OC(C)C(C)O)CC1. The van der Waals surface area contributed by atoms with Crippen LogP contribution in [0.4, 0.5) is 0 Å². The maximum Gasteiger partial charge on any atom is 0.0811 e. The van der Waals surface area contributed by atoms with E-state index in [-0.39, 0.29) is 11.7 Å². The van der Waals surface area contributed by atoms with Gasteiger partial charge in [-0.2, -0.15) is 0 Å². The van der Waals surface area contributed by atoms with E-state index in [2.05, 4.69) is 13.8 Å². The number of hydrogen-bond donors (Lipinski definition) is 2. The van der Waals surface area contributed by atoms with Crippen LogP contribution in [0.2, 0.25) is 0 Å². The van der Waals surface area contributed by atoms with Gasteiger partial charge in [0, 0.05) is 6.54 Å². The van der Waals surface area contributed by atoms with Crippen molar-refractivity contribution in [3.05, 3.63) is 0 Å². The summed E-state index contributed by atoms with van der Waals surface area (Å²) in [6, 6.07) is 0. The average molecular weight is 243 g/mol. The maximum absolute atomic E-state index is 9.54. The fraction of sp³-hybridized carbons (Fsp3) is 1.00. The van der Waals surface area contributed by atoms with E-state index in [1.807, 2.05) is 6.92 Å². The normalized spacial score (nSPS) is 33.7. The van der Waals surface area contributed by atoms with E-state index in [1.165, 1.54) is 12.8 Å². The quantitative estimate of drug-likeness (QED) is 0.779. The molecule has 17 heavy (non-hydrogen) atoms. The Morgan fingerprint density at radius 1 is 1.24 bits per heavy atom. The van der Waals surface area contributed by atoms with Gasteiger partial charge in [0.2, 0.25) is 0 Å². The maximum atomic E-state index is 9.54. The molecule has 0 aromatic carbocycles. The van der Waals surface area contributed by atoms with E-state index >= 15 is 0 Å². The minimum absolute atomic E-state index is 0.130. The van der Waals surface area contributed by atoms with Crippen molar-refractivity contribution in [3.8, 4) is 0 Å². The first kappa shape index (κ1) is 14.9. The van der Waals surface area contributed by atoms with E-state index in [9.17, 15) is 5.11 Å². The van der Waals surface area contributed by atoms with Gasteiger partial charge in [0.15, 0.2) is 0 Å². The molecular weight excluding hydrogens is 214 g/mol. The molecule has 2 atom stereocenters. The van der Waals surface area contributed by atoms with E-state index in [0.29, 0.717) is 6.54 Å². The minimum Gasteiger partial charge on any atom is -0.391 e. The van der Waals surface area contributed by atoms with Crippen molar-refractivity contribution in [3.63, 3.8) is 0 Å². The number of ether oxygens (including phenoxy) is 1. The summed E-state index contributed by atoms with van der Waals surface area (Å²) >= 11 is 0. The fourth-order valence-electron chi connectivity index (χ4n) is 2.70. The number of hydrogen-bond acceptors (Lipinski definition) is 3. The molecule has 1 rings (SSSR count). The van der Waals surface area contributed by atoms with Crippen LogP contribution in [-0.2, 0) is 4.74 Å². The lowest BCUT2D eigenvalue weighted by Gasteiger charge is -2.42. The summed E-state index contributed by atoms with van der Waals surface area (Å²) in [6.45, 7) is 8.85. The van der Waals surface area contributed by atoms with Crippen LogP contribution in [0.5, 0.6) is 0 Å². The number of nitrogens with two attached hydrogens (primary N) is 1. The molecule has 1 aliphatic carbocycles. The first-order chi connectivity index (χ1) is 7.90. The first-order valence-corrected chi connectivity index (χ1v) is 6.96. The van der Waals surface area contributed by atoms with Crippen LogP contribution in [0.1, 0.15) is 53.4 Å². The molecule has 0 heterocycles. The van der Waals surface area contributed by atoms with Gasteiger partial charge < -0.3 is 15.6 Å². The zero-order valence-electron chi connectivity index (χ0n) is 11.8. The Morgan fingerprint density at radius 2 is 1.76 bits per heavy atom. The molecule has 0 amide bonds. The van der Waals surface area contributed by atoms with Crippen molar-refractivity contribution in [2.75, 3.05) is 6.54 Å². The standard InChI is InChI=1S/C14H29NO2/c1-10(2)13-5-7-14(9-15,8-6-13)17-12(4)11(3)16/h10-13,16H,5-9,15H2,1-4H3. The predicted molar refractivity (Wildman–Crippen MR) is 70.8 cm³/mol. The number of aliphatic hydroxyl groups is 1. The van der Waals surface area contributed by atoms with Crippen LogP contribution in [0.25, 0.3) is 0 Å². The van der Waals surface area contributed by atoms with Gasteiger partial charge in [-0.05, 0) is 51.4 Å². The summed E-state index contributed by atoms with van der Waals surface area (Å²) < 4.78 is 6.04. The molecule has 0 saturated heterocycles. The lowest BCUT2D eigenvalue weighted by atomic mass is 9.74. The van der Waals surface area contributed by atoms with Crippen LogP contribution in [0, 0.1) is 11.8 Å². The largest absolute Gasteiger partial charge is 0.391 e. The third-order valence-corrected chi connectivity index (χ3v) is 4.37. The van der Waals surface area contributed by atoms with Gasteiger partial charge in [-0.15, -0.1) is 0 Å². The highest BCUT2D eigenvalue weighted by molar-refractivity contribution is 4.90. The monoisotopic (exact) mass is 243 g/mol. The van der Waals surface area contributed by atoms with Gasteiger partial charge in [-0.25, -0.2) is 0 Å². The molecule has 0 bridgehead atoms. The predicted octanol–water partition coefficient (Wildman–Crippen LogP) is 2.32. The van der Waals surface area contributed by atoms with Crippen LogP contribution < -0.4 is 5.73 Å². The second kappa shape index (κ2) is 6.17. The molecule has 0 aromatic heterocycles. The first-order valence-electron chi connectivity index (χ1n) is 6.96. The molecule has 0 radical (unpaired) electrons. The van der Waals surface area contributed by atoms with Crippen molar-refractivity contribution in [2.45, 2.75) is 71.2 Å². The Balaban J connectivity index is 2.55. The van der Waals surface area contributed by atoms with E-state index in [1.54, 1.807) is 6.92 Å². The zero-order valence-corrected chi connectivity index (χ0v) is 11.8. The van der Waals surface area contributed by atoms with Gasteiger partial charge in [-0.3, -0.25) is 0 Å². The van der Waals surface area contributed by atoms with Crippen molar-refractivity contribution in [1.29, 1.82) is 0 Å². The van der Waals surface area contributed by atoms with Gasteiger partial charge in [-0.1, -0.05) is 13.8 Å². The third kappa shape index (κ3) is 3.94. The zero-order chi connectivity index (χ0) is 13.1. The summed E-state index contributed by atoms with van der Waals surface area (Å²) in [5, 5.41) is 9.54.